The maximum Gasteiger partial charge on any atom is 0.416 e. The van der Waals surface area contributed by atoms with E-state index in [1.165, 1.54) is 36.4 Å². The number of alkyl halides is 6. The fourth-order valence-corrected chi connectivity index (χ4v) is 4.70. The molecule has 4 rings (SSSR count). The number of ether oxygens (including phenoxy) is 6. The Morgan fingerprint density at radius 1 is 0.444 bits per heavy atom. The highest BCUT2D eigenvalue weighted by Crippen LogP contribution is 2.33. The van der Waals surface area contributed by atoms with Crippen molar-refractivity contribution in [2.75, 3.05) is 76.7 Å². The van der Waals surface area contributed by atoms with Crippen LogP contribution in [0.15, 0.2) is 97.1 Å². The van der Waals surface area contributed by atoms with E-state index in [1.54, 1.807) is 36.4 Å². The van der Waals surface area contributed by atoms with Gasteiger partial charge < -0.3 is 39.1 Å². The van der Waals surface area contributed by atoms with Crippen LogP contribution in [0.5, 0.6) is 0 Å². The molecule has 0 aromatic heterocycles. The number of benzene rings is 4. The SMILES string of the molecule is O=C(OCCOCCOCCOCCOCCOC(=O)c1ccccc1Nc1cccc(C(F)(F)F)c1)c1ccccc1Nc1cccc(C(F)(F)F)c1. The van der Waals surface area contributed by atoms with E-state index < -0.39 is 35.4 Å². The number of anilines is 4. The van der Waals surface area contributed by atoms with Gasteiger partial charge in [0.05, 0.1) is 86.5 Å². The summed E-state index contributed by atoms with van der Waals surface area (Å²) in [6, 6.07) is 21.9. The Kier molecular flexibility index (Phi) is 16.1. The summed E-state index contributed by atoms with van der Waals surface area (Å²) in [6.45, 7) is 1.69. The number of rotatable bonds is 21. The number of esters is 2. The summed E-state index contributed by atoms with van der Waals surface area (Å²) in [7, 11) is 0. The van der Waals surface area contributed by atoms with E-state index in [1.807, 2.05) is 0 Å². The van der Waals surface area contributed by atoms with Crippen LogP contribution in [0, 0.1) is 0 Å². The lowest BCUT2D eigenvalue weighted by Crippen LogP contribution is -2.16. The molecule has 0 radical (unpaired) electrons. The molecular formula is C38H38F6N2O8. The molecule has 0 saturated carbocycles. The third-order valence-electron chi connectivity index (χ3n) is 7.27. The van der Waals surface area contributed by atoms with Gasteiger partial charge in [0.15, 0.2) is 0 Å². The van der Waals surface area contributed by atoms with Crippen LogP contribution in [0.2, 0.25) is 0 Å². The zero-order valence-corrected chi connectivity index (χ0v) is 28.8. The molecule has 0 saturated heterocycles. The Morgan fingerprint density at radius 3 is 1.13 bits per heavy atom. The van der Waals surface area contributed by atoms with E-state index >= 15 is 0 Å². The lowest BCUT2D eigenvalue weighted by Gasteiger charge is -2.14. The maximum atomic E-state index is 13.1. The minimum Gasteiger partial charge on any atom is -0.460 e. The zero-order valence-electron chi connectivity index (χ0n) is 28.8. The lowest BCUT2D eigenvalue weighted by molar-refractivity contribution is -0.138. The molecule has 4 aromatic carbocycles. The van der Waals surface area contributed by atoms with Gasteiger partial charge in [0.1, 0.15) is 13.2 Å². The molecule has 290 valence electrons. The predicted octanol–water partition coefficient (Wildman–Crippen LogP) is 8.29. The summed E-state index contributed by atoms with van der Waals surface area (Å²) < 4.78 is 110. The second-order valence-electron chi connectivity index (χ2n) is 11.2. The molecule has 10 nitrogen and oxygen atoms in total. The van der Waals surface area contributed by atoms with Crippen LogP contribution >= 0.6 is 0 Å². The monoisotopic (exact) mass is 764 g/mol. The molecule has 4 aromatic rings. The average Bonchev–Trinajstić information content (AvgIpc) is 3.14. The molecule has 54 heavy (non-hydrogen) atoms. The summed E-state index contributed by atoms with van der Waals surface area (Å²) in [5, 5.41) is 5.67. The van der Waals surface area contributed by atoms with Crippen molar-refractivity contribution in [3.05, 3.63) is 119 Å². The second-order valence-corrected chi connectivity index (χ2v) is 11.2. The first-order chi connectivity index (χ1) is 25.9. The van der Waals surface area contributed by atoms with Gasteiger partial charge in [0.2, 0.25) is 0 Å². The smallest absolute Gasteiger partial charge is 0.416 e. The summed E-state index contributed by atoms with van der Waals surface area (Å²) in [5.74, 6) is -1.33. The van der Waals surface area contributed by atoms with E-state index in [2.05, 4.69) is 10.6 Å². The molecule has 0 heterocycles. The lowest BCUT2D eigenvalue weighted by atomic mass is 10.1. The van der Waals surface area contributed by atoms with Gasteiger partial charge in [-0.1, -0.05) is 36.4 Å². The largest absolute Gasteiger partial charge is 0.460 e. The molecule has 0 amide bonds. The van der Waals surface area contributed by atoms with Gasteiger partial charge in [-0.25, -0.2) is 9.59 Å². The van der Waals surface area contributed by atoms with Crippen LogP contribution in [0.1, 0.15) is 31.8 Å². The van der Waals surface area contributed by atoms with Crippen molar-refractivity contribution in [1.82, 2.24) is 0 Å². The summed E-state index contributed by atoms with van der Waals surface area (Å²) in [5.41, 5.74) is -0.412. The van der Waals surface area contributed by atoms with Gasteiger partial charge in [-0.15, -0.1) is 0 Å². The topological polar surface area (TPSA) is 114 Å². The Balaban J connectivity index is 0.998. The number of nitrogens with one attached hydrogen (secondary N) is 2. The Hall–Kier alpha value is -5.16. The van der Waals surface area contributed by atoms with Crippen molar-refractivity contribution in [3.8, 4) is 0 Å². The van der Waals surface area contributed by atoms with Crippen molar-refractivity contribution in [2.24, 2.45) is 0 Å². The average molecular weight is 765 g/mol. The first kappa shape index (κ1) is 41.6. The number of para-hydroxylation sites is 2. The van der Waals surface area contributed by atoms with Gasteiger partial charge in [-0.05, 0) is 60.7 Å². The zero-order chi connectivity index (χ0) is 38.8. The van der Waals surface area contributed by atoms with E-state index in [0.717, 1.165) is 24.3 Å². The van der Waals surface area contributed by atoms with Gasteiger partial charge in [-0.3, -0.25) is 0 Å². The Morgan fingerprint density at radius 2 is 0.778 bits per heavy atom. The first-order valence-corrected chi connectivity index (χ1v) is 16.6. The number of carbonyl (C=O) groups is 2. The highest BCUT2D eigenvalue weighted by molar-refractivity contribution is 5.97. The highest BCUT2D eigenvalue weighted by atomic mass is 19.4. The minimum absolute atomic E-state index is 0.0488. The van der Waals surface area contributed by atoms with Crippen molar-refractivity contribution < 1.29 is 64.4 Å². The molecule has 2 N–H and O–H groups in total. The molecule has 0 atom stereocenters. The van der Waals surface area contributed by atoms with E-state index in [0.29, 0.717) is 24.6 Å². The molecule has 16 heteroatoms. The van der Waals surface area contributed by atoms with Crippen LogP contribution in [0.4, 0.5) is 49.1 Å². The molecule has 0 spiro atoms. The van der Waals surface area contributed by atoms with Gasteiger partial charge in [0.25, 0.3) is 0 Å². The van der Waals surface area contributed by atoms with Crippen molar-refractivity contribution in [2.45, 2.75) is 12.4 Å². The quantitative estimate of drug-likeness (QED) is 0.0488. The molecule has 0 aliphatic rings. The van der Waals surface area contributed by atoms with Crippen molar-refractivity contribution in [1.29, 1.82) is 0 Å². The maximum absolute atomic E-state index is 13.1. The predicted molar refractivity (Wildman–Crippen MR) is 186 cm³/mol. The Labute approximate surface area is 307 Å². The van der Waals surface area contributed by atoms with Crippen molar-refractivity contribution >= 4 is 34.7 Å². The molecule has 0 unspecified atom stereocenters. The normalized spacial score (nSPS) is 11.6. The number of carbonyl (C=O) groups excluding carboxylic acids is 2. The van der Waals surface area contributed by atoms with Gasteiger partial charge >= 0.3 is 24.3 Å². The number of hydrogen-bond acceptors (Lipinski definition) is 10. The van der Waals surface area contributed by atoms with E-state index in [-0.39, 0.29) is 75.4 Å². The van der Waals surface area contributed by atoms with Crippen LogP contribution in [0.3, 0.4) is 0 Å². The number of halogens is 6. The van der Waals surface area contributed by atoms with Crippen LogP contribution < -0.4 is 10.6 Å². The van der Waals surface area contributed by atoms with Crippen LogP contribution in [0.25, 0.3) is 0 Å². The summed E-state index contributed by atoms with van der Waals surface area (Å²) in [4.78, 5) is 25.2. The van der Waals surface area contributed by atoms with Gasteiger partial charge in [0, 0.05) is 11.4 Å². The summed E-state index contributed by atoms with van der Waals surface area (Å²) >= 11 is 0. The number of hydrogen-bond donors (Lipinski definition) is 2. The fourth-order valence-electron chi connectivity index (χ4n) is 4.70. The fraction of sp³-hybridized carbons (Fsp3) is 0.316. The van der Waals surface area contributed by atoms with E-state index in [4.69, 9.17) is 28.4 Å². The first-order valence-electron chi connectivity index (χ1n) is 16.6. The Bertz CT molecular complexity index is 1660. The molecule has 0 aliphatic carbocycles. The van der Waals surface area contributed by atoms with Gasteiger partial charge in [-0.2, -0.15) is 26.3 Å². The molecule has 0 fully saturated rings. The van der Waals surface area contributed by atoms with E-state index in [9.17, 15) is 35.9 Å². The minimum atomic E-state index is -4.50. The molecule has 0 bridgehead atoms. The van der Waals surface area contributed by atoms with Crippen LogP contribution in [-0.2, 0) is 40.8 Å². The third kappa shape index (κ3) is 14.0. The van der Waals surface area contributed by atoms with Crippen molar-refractivity contribution in [3.63, 3.8) is 0 Å². The standard InChI is InChI=1S/C38H38F6N2O8/c39-37(40,41)27-7-5-9-29(25-27)45-33-13-3-1-11-31(33)35(47)53-23-21-51-19-17-49-15-16-50-18-20-52-22-24-54-36(48)32-12-2-4-14-34(32)46-30-10-6-8-28(26-30)38(42,43)44/h1-14,25-26,45-46H,15-24H2. The third-order valence-corrected chi connectivity index (χ3v) is 7.27. The van der Waals surface area contributed by atoms with Crippen LogP contribution in [-0.4, -0.2) is 78.0 Å². The molecule has 0 aliphatic heterocycles. The summed E-state index contributed by atoms with van der Waals surface area (Å²) in [6.07, 6.45) is -9.00. The molecular weight excluding hydrogens is 726 g/mol. The second kappa shape index (κ2) is 20.9. The highest BCUT2D eigenvalue weighted by Gasteiger charge is 2.31.